The molecule has 0 bridgehead atoms. The van der Waals surface area contributed by atoms with Crippen molar-refractivity contribution in [3.8, 4) is 0 Å². The Balaban J connectivity index is 2.02. The third-order valence-corrected chi connectivity index (χ3v) is 3.19. The first-order valence-corrected chi connectivity index (χ1v) is 6.10. The molecule has 0 aliphatic heterocycles. The smallest absolute Gasteiger partial charge is 0.158 e. The molecule has 0 amide bonds. The summed E-state index contributed by atoms with van der Waals surface area (Å²) in [5.41, 5.74) is 5.75. The highest BCUT2D eigenvalue weighted by molar-refractivity contribution is 5.46. The summed E-state index contributed by atoms with van der Waals surface area (Å²) >= 11 is 0. The maximum Gasteiger partial charge on any atom is 0.158 e. The summed E-state index contributed by atoms with van der Waals surface area (Å²) in [6.45, 7) is 1.23. The minimum Gasteiger partial charge on any atom is -0.393 e. The molecule has 18 heavy (non-hydrogen) atoms. The van der Waals surface area contributed by atoms with Gasteiger partial charge in [-0.2, -0.15) is 0 Å². The summed E-state index contributed by atoms with van der Waals surface area (Å²) in [6, 6.07) is 1.76. The van der Waals surface area contributed by atoms with E-state index in [-0.39, 0.29) is 6.10 Å². The Morgan fingerprint density at radius 2 is 2.22 bits per heavy atom. The molecule has 0 atom stereocenters. The van der Waals surface area contributed by atoms with E-state index in [2.05, 4.69) is 9.97 Å². The van der Waals surface area contributed by atoms with Crippen LogP contribution in [-0.4, -0.2) is 41.9 Å². The Morgan fingerprint density at radius 1 is 1.50 bits per heavy atom. The molecule has 0 aromatic carbocycles. The number of rotatable bonds is 5. The van der Waals surface area contributed by atoms with Crippen LogP contribution in [0.25, 0.3) is 0 Å². The number of anilines is 2. The maximum absolute atomic E-state index is 9.28. The van der Waals surface area contributed by atoms with Gasteiger partial charge in [0.25, 0.3) is 0 Å². The number of hydrogen-bond donors (Lipinski definition) is 2. The van der Waals surface area contributed by atoms with Gasteiger partial charge in [0.15, 0.2) is 5.82 Å². The average molecular weight is 252 g/mol. The lowest BCUT2D eigenvalue weighted by Crippen LogP contribution is -2.37. The number of methoxy groups -OCH3 is 1. The van der Waals surface area contributed by atoms with Gasteiger partial charge in [0.1, 0.15) is 18.2 Å². The lowest BCUT2D eigenvalue weighted by Gasteiger charge is -2.34. The molecule has 0 spiro atoms. The number of ether oxygens (including phenoxy) is 1. The molecule has 3 N–H and O–H groups in total. The van der Waals surface area contributed by atoms with E-state index in [9.17, 15) is 5.11 Å². The van der Waals surface area contributed by atoms with E-state index in [1.807, 2.05) is 11.9 Å². The number of aromatic nitrogens is 2. The quantitative estimate of drug-likeness (QED) is 0.789. The first-order valence-electron chi connectivity index (χ1n) is 6.10. The van der Waals surface area contributed by atoms with Crippen LogP contribution in [0.5, 0.6) is 0 Å². The van der Waals surface area contributed by atoms with Gasteiger partial charge in [-0.25, -0.2) is 9.97 Å². The highest BCUT2D eigenvalue weighted by Crippen LogP contribution is 2.28. The third-order valence-electron chi connectivity index (χ3n) is 3.19. The van der Waals surface area contributed by atoms with Crippen molar-refractivity contribution in [3.63, 3.8) is 0 Å². The summed E-state index contributed by atoms with van der Waals surface area (Å²) in [6.07, 6.45) is 1.62. The number of nitrogen functional groups attached to an aromatic ring is 1. The molecule has 1 aromatic rings. The monoisotopic (exact) mass is 252 g/mol. The van der Waals surface area contributed by atoms with Gasteiger partial charge in [0.05, 0.1) is 6.10 Å². The van der Waals surface area contributed by atoms with Gasteiger partial charge in [-0.3, -0.25) is 0 Å². The van der Waals surface area contributed by atoms with E-state index in [1.54, 1.807) is 13.2 Å². The Kier molecular flexibility index (Phi) is 3.98. The molecule has 2 rings (SSSR count). The van der Waals surface area contributed by atoms with Gasteiger partial charge in [-0.1, -0.05) is 0 Å². The second-order valence-electron chi connectivity index (χ2n) is 4.87. The molecule has 1 saturated carbocycles. The van der Waals surface area contributed by atoms with Crippen LogP contribution in [0.2, 0.25) is 0 Å². The van der Waals surface area contributed by atoms with Gasteiger partial charge >= 0.3 is 0 Å². The second kappa shape index (κ2) is 5.49. The Labute approximate surface area is 107 Å². The lowest BCUT2D eigenvalue weighted by molar-refractivity contribution is 0.0464. The van der Waals surface area contributed by atoms with Crippen LogP contribution in [-0.2, 0) is 11.3 Å². The minimum absolute atomic E-state index is 0.122. The number of nitrogens with zero attached hydrogens (tertiary/aromatic N) is 3. The van der Waals surface area contributed by atoms with Crippen LogP contribution in [0.1, 0.15) is 18.7 Å². The van der Waals surface area contributed by atoms with Crippen molar-refractivity contribution in [2.45, 2.75) is 25.6 Å². The van der Waals surface area contributed by atoms with E-state index >= 15 is 0 Å². The average Bonchev–Trinajstić information content (AvgIpc) is 2.26. The van der Waals surface area contributed by atoms with Crippen molar-refractivity contribution >= 4 is 11.6 Å². The molecule has 1 heterocycles. The van der Waals surface area contributed by atoms with Crippen molar-refractivity contribution in [3.05, 3.63) is 11.9 Å². The largest absolute Gasteiger partial charge is 0.393 e. The van der Waals surface area contributed by atoms with Crippen LogP contribution in [0.15, 0.2) is 6.07 Å². The van der Waals surface area contributed by atoms with Crippen molar-refractivity contribution in [2.75, 3.05) is 31.3 Å². The molecule has 6 heteroatoms. The van der Waals surface area contributed by atoms with Crippen LogP contribution >= 0.6 is 0 Å². The minimum atomic E-state index is -0.122. The molecule has 0 saturated heterocycles. The van der Waals surface area contributed by atoms with Crippen molar-refractivity contribution < 1.29 is 9.84 Å². The molecule has 1 aliphatic carbocycles. The predicted molar refractivity (Wildman–Crippen MR) is 69.2 cm³/mol. The molecular formula is C12H20N4O2. The number of nitrogens with two attached hydrogens (primary N) is 1. The Morgan fingerprint density at radius 3 is 2.83 bits per heavy atom. The molecule has 0 radical (unpaired) electrons. The molecule has 1 fully saturated rings. The highest BCUT2D eigenvalue weighted by Gasteiger charge is 2.28. The van der Waals surface area contributed by atoms with Crippen molar-refractivity contribution in [2.24, 2.45) is 5.92 Å². The second-order valence-corrected chi connectivity index (χ2v) is 4.87. The molecule has 100 valence electrons. The summed E-state index contributed by atoms with van der Waals surface area (Å²) in [7, 11) is 3.58. The standard InChI is InChI=1S/C12H20N4O2/c1-16(6-8-3-9(17)4-8)12-5-10(13)14-11(15-12)7-18-2/h5,8-9,17H,3-4,6-7H2,1-2H3,(H2,13,14,15). The molecule has 0 unspecified atom stereocenters. The lowest BCUT2D eigenvalue weighted by atomic mass is 9.82. The first-order chi connectivity index (χ1) is 8.58. The van der Waals surface area contributed by atoms with Crippen LogP contribution in [0.4, 0.5) is 11.6 Å². The van der Waals surface area contributed by atoms with Crippen LogP contribution in [0, 0.1) is 5.92 Å². The number of aliphatic hydroxyl groups excluding tert-OH is 1. The van der Waals surface area contributed by atoms with E-state index in [0.717, 1.165) is 25.2 Å². The van der Waals surface area contributed by atoms with E-state index in [1.165, 1.54) is 0 Å². The fourth-order valence-corrected chi connectivity index (χ4v) is 2.22. The normalized spacial score (nSPS) is 22.6. The summed E-state index contributed by atoms with van der Waals surface area (Å²) in [5, 5.41) is 9.28. The van der Waals surface area contributed by atoms with Gasteiger partial charge in [0.2, 0.25) is 0 Å². The van der Waals surface area contributed by atoms with Gasteiger partial charge in [0, 0.05) is 26.8 Å². The van der Waals surface area contributed by atoms with E-state index in [4.69, 9.17) is 10.5 Å². The van der Waals surface area contributed by atoms with Gasteiger partial charge in [-0.05, 0) is 18.8 Å². The Hall–Kier alpha value is -1.40. The SMILES string of the molecule is COCc1nc(N)cc(N(C)CC2CC(O)C2)n1. The first kappa shape index (κ1) is 13.0. The topological polar surface area (TPSA) is 84.5 Å². The zero-order valence-corrected chi connectivity index (χ0v) is 10.8. The number of hydrogen-bond acceptors (Lipinski definition) is 6. The van der Waals surface area contributed by atoms with Crippen molar-refractivity contribution in [1.29, 1.82) is 0 Å². The maximum atomic E-state index is 9.28. The molecule has 1 aliphatic rings. The van der Waals surface area contributed by atoms with Crippen LogP contribution < -0.4 is 10.6 Å². The van der Waals surface area contributed by atoms with Gasteiger partial charge < -0.3 is 20.5 Å². The zero-order valence-electron chi connectivity index (χ0n) is 10.8. The van der Waals surface area contributed by atoms with E-state index < -0.39 is 0 Å². The van der Waals surface area contributed by atoms with E-state index in [0.29, 0.717) is 24.2 Å². The summed E-state index contributed by atoms with van der Waals surface area (Å²) < 4.78 is 5.01. The molecule has 6 nitrogen and oxygen atoms in total. The highest BCUT2D eigenvalue weighted by atomic mass is 16.5. The van der Waals surface area contributed by atoms with Gasteiger partial charge in [-0.15, -0.1) is 0 Å². The summed E-state index contributed by atoms with van der Waals surface area (Å²) in [4.78, 5) is 10.6. The number of aliphatic hydroxyl groups is 1. The van der Waals surface area contributed by atoms with Crippen LogP contribution in [0.3, 0.4) is 0 Å². The molecular weight excluding hydrogens is 232 g/mol. The third kappa shape index (κ3) is 3.08. The zero-order chi connectivity index (χ0) is 13.1. The summed E-state index contributed by atoms with van der Waals surface area (Å²) in [5.74, 6) is 2.38. The fraction of sp³-hybridized carbons (Fsp3) is 0.667. The van der Waals surface area contributed by atoms with Crippen molar-refractivity contribution in [1.82, 2.24) is 9.97 Å². The fourth-order valence-electron chi connectivity index (χ4n) is 2.22. The predicted octanol–water partition coefficient (Wildman–Crippen LogP) is 0.412. The molecule has 1 aromatic heterocycles. The Bertz CT molecular complexity index is 407.